The van der Waals surface area contributed by atoms with Crippen LogP contribution in [0, 0.1) is 0 Å². The van der Waals surface area contributed by atoms with Gasteiger partial charge in [0.1, 0.15) is 11.2 Å². The summed E-state index contributed by atoms with van der Waals surface area (Å²) < 4.78 is 18.1. The summed E-state index contributed by atoms with van der Waals surface area (Å²) in [6.45, 7) is 0. The van der Waals surface area contributed by atoms with E-state index >= 15 is 0 Å². The molecule has 2 aliphatic heterocycles. The van der Waals surface area contributed by atoms with E-state index in [1.807, 2.05) is 60.7 Å². The normalized spacial score (nSPS) is 12.0. The van der Waals surface area contributed by atoms with Crippen LogP contribution >= 0.6 is 22.7 Å². The lowest BCUT2D eigenvalue weighted by atomic mass is 10.0. The quantitative estimate of drug-likeness (QED) is 0.178. The summed E-state index contributed by atoms with van der Waals surface area (Å²) in [6, 6.07) is 58.7. The first-order valence-electron chi connectivity index (χ1n) is 19.1. The van der Waals surface area contributed by atoms with Crippen molar-refractivity contribution in [1.82, 2.24) is 9.97 Å². The topological polar surface area (TPSA) is 52.1 Å². The van der Waals surface area contributed by atoms with E-state index in [2.05, 4.69) is 133 Å². The Morgan fingerprint density at radius 1 is 0.276 bits per heavy atom. The van der Waals surface area contributed by atoms with Crippen molar-refractivity contribution in [2.45, 2.75) is 0 Å². The number of nitrogens with zero attached hydrogens (tertiary/aromatic N) is 2. The van der Waals surface area contributed by atoms with Gasteiger partial charge in [-0.05, 0) is 95.1 Å². The van der Waals surface area contributed by atoms with E-state index in [0.29, 0.717) is 22.3 Å². The summed E-state index contributed by atoms with van der Waals surface area (Å²) in [4.78, 5) is 10.7. The van der Waals surface area contributed by atoms with Crippen LogP contribution in [0.3, 0.4) is 0 Å². The number of hydrogen-bond acceptors (Lipinski definition) is 6. The number of fused-ring (bicyclic) bond motifs is 14. The van der Waals surface area contributed by atoms with Gasteiger partial charge in [-0.1, -0.05) is 121 Å². The molecule has 58 heavy (non-hydrogen) atoms. The molecule has 0 aliphatic carbocycles. The molecule has 5 aromatic heterocycles. The van der Waals surface area contributed by atoms with Crippen molar-refractivity contribution in [3.63, 3.8) is 0 Å². The van der Waals surface area contributed by atoms with E-state index in [0.717, 1.165) is 76.7 Å². The Bertz CT molecular complexity index is 2880. The highest BCUT2D eigenvalue weighted by Crippen LogP contribution is 2.41. The Labute approximate surface area is 342 Å². The van der Waals surface area contributed by atoms with Crippen molar-refractivity contribution in [1.29, 1.82) is 0 Å². The van der Waals surface area contributed by atoms with Gasteiger partial charge in [-0.25, -0.2) is 9.97 Å². The van der Waals surface area contributed by atoms with Gasteiger partial charge >= 0.3 is 0 Å². The molecule has 0 atom stereocenters. The lowest BCUT2D eigenvalue weighted by Crippen LogP contribution is -1.86. The second kappa shape index (κ2) is 14.4. The monoisotopic (exact) mass is 780 g/mol. The first kappa shape index (κ1) is 34.2. The molecule has 0 fully saturated rings. The van der Waals surface area contributed by atoms with Crippen LogP contribution in [0.2, 0.25) is 0 Å². The predicted octanol–water partition coefficient (Wildman–Crippen LogP) is 15.4. The lowest BCUT2D eigenvalue weighted by molar-refractivity contribution is 0.630. The molecule has 0 N–H and O–H groups in total. The summed E-state index contributed by atoms with van der Waals surface area (Å²) in [7, 11) is 0. The van der Waals surface area contributed by atoms with Gasteiger partial charge < -0.3 is 8.83 Å². The van der Waals surface area contributed by atoms with Crippen LogP contribution in [0.5, 0.6) is 0 Å². The molecule has 0 amide bonds. The Kier molecular flexibility index (Phi) is 8.50. The van der Waals surface area contributed by atoms with E-state index in [1.54, 1.807) is 22.7 Å². The van der Waals surface area contributed by atoms with Crippen LogP contribution < -0.4 is 0 Å². The van der Waals surface area contributed by atoms with E-state index in [4.69, 9.17) is 18.8 Å². The second-order valence-electron chi connectivity index (χ2n) is 14.1. The third kappa shape index (κ3) is 6.16. The molecule has 12 bridgehead atoms. The van der Waals surface area contributed by atoms with Crippen molar-refractivity contribution in [3.05, 3.63) is 193 Å². The zero-order chi connectivity index (χ0) is 38.4. The number of furan rings is 2. The minimum atomic E-state index is 0.628. The molecule has 274 valence electrons. The highest BCUT2D eigenvalue weighted by atomic mass is 32.1. The van der Waals surface area contributed by atoms with E-state index in [1.165, 1.54) is 9.40 Å². The highest BCUT2D eigenvalue weighted by molar-refractivity contribution is 7.31. The lowest BCUT2D eigenvalue weighted by Gasteiger charge is -2.04. The number of aromatic nitrogens is 2. The molecule has 11 rings (SSSR count). The SMILES string of the molecule is C1=Cc2nc1c(-c1ccccc1)c1ccc(o1)c1ccc(o1)c(-c1ccccc1)c1nc(c(-c3ccccc3)c3ccc(s3)c3ccc(s3)c2-c2ccccc2)C=C1. The Balaban J connectivity index is 1.29. The maximum absolute atomic E-state index is 6.71. The average Bonchev–Trinajstić information content (AvgIpc) is 4.13. The third-order valence-corrected chi connectivity index (χ3v) is 12.9. The molecule has 4 aromatic carbocycles. The molecule has 0 spiro atoms. The average molecular weight is 781 g/mol. The maximum atomic E-state index is 6.71. The van der Waals surface area contributed by atoms with Gasteiger partial charge in [0, 0.05) is 29.9 Å². The van der Waals surface area contributed by atoms with Crippen molar-refractivity contribution in [3.8, 4) is 44.5 Å². The zero-order valence-electron chi connectivity index (χ0n) is 31.0. The highest BCUT2D eigenvalue weighted by Gasteiger charge is 2.18. The molecule has 0 unspecified atom stereocenters. The molecular weight excluding hydrogens is 749 g/mol. The molecule has 0 saturated heterocycles. The molecule has 7 heterocycles. The van der Waals surface area contributed by atoms with E-state index in [-0.39, 0.29) is 0 Å². The van der Waals surface area contributed by atoms with Gasteiger partial charge in [0.15, 0.2) is 11.2 Å². The van der Waals surface area contributed by atoms with Crippen LogP contribution in [0.4, 0.5) is 0 Å². The van der Waals surface area contributed by atoms with Gasteiger partial charge in [-0.3, -0.25) is 0 Å². The van der Waals surface area contributed by atoms with E-state index < -0.39 is 0 Å². The van der Waals surface area contributed by atoms with Gasteiger partial charge in [0.05, 0.1) is 33.9 Å². The molecule has 0 radical (unpaired) electrons. The Morgan fingerprint density at radius 3 is 0.931 bits per heavy atom. The van der Waals surface area contributed by atoms with Crippen LogP contribution in [0.25, 0.3) is 110 Å². The fourth-order valence-electron chi connectivity index (χ4n) is 7.78. The van der Waals surface area contributed by atoms with Gasteiger partial charge in [-0.15, -0.1) is 22.7 Å². The van der Waals surface area contributed by atoms with Crippen LogP contribution in [0.15, 0.2) is 179 Å². The van der Waals surface area contributed by atoms with E-state index in [9.17, 15) is 0 Å². The number of rotatable bonds is 4. The number of hydrogen-bond donors (Lipinski definition) is 0. The predicted molar refractivity (Wildman–Crippen MR) is 245 cm³/mol. The summed E-state index contributed by atoms with van der Waals surface area (Å²) >= 11 is 3.58. The fourth-order valence-corrected chi connectivity index (χ4v) is 10.0. The van der Waals surface area contributed by atoms with Gasteiger partial charge in [0.25, 0.3) is 0 Å². The molecular formula is C52H32N2O2S2. The first-order valence-corrected chi connectivity index (χ1v) is 20.8. The molecule has 9 aromatic rings. The molecule has 2 aliphatic rings. The summed E-state index contributed by atoms with van der Waals surface area (Å²) in [5.74, 6) is 0. The van der Waals surface area contributed by atoms with Crippen molar-refractivity contribution < 1.29 is 8.83 Å². The molecule has 6 heteroatoms. The van der Waals surface area contributed by atoms with Crippen LogP contribution in [0.1, 0.15) is 22.8 Å². The zero-order valence-corrected chi connectivity index (χ0v) is 32.6. The number of thiophene rings is 2. The number of benzene rings is 4. The Hall–Kier alpha value is -7.12. The van der Waals surface area contributed by atoms with Crippen LogP contribution in [-0.2, 0) is 0 Å². The maximum Gasteiger partial charge on any atom is 0.170 e. The third-order valence-electron chi connectivity index (χ3n) is 10.4. The first-order chi connectivity index (χ1) is 28.7. The van der Waals surface area contributed by atoms with Crippen molar-refractivity contribution in [2.24, 2.45) is 0 Å². The van der Waals surface area contributed by atoms with Crippen molar-refractivity contribution >= 4 is 88.1 Å². The standard InChI is InChI=1S/C52H32N2O2S2/c1-5-13-33(14-6-1)49-37-21-23-39(53-37)51(35-17-9-3-10-18-35)47-31-29-45(57-47)46-30-32-48(58-46)52(36-19-11-4-12-20-36)40-24-22-38(54-40)50(34-15-7-2-8-16-34)44-28-26-42(56-44)41-25-27-43(49)55-41/h1-32H. The minimum absolute atomic E-state index is 0.628. The smallest absolute Gasteiger partial charge is 0.170 e. The minimum Gasteiger partial charge on any atom is -0.453 e. The van der Waals surface area contributed by atoms with Crippen molar-refractivity contribution in [2.75, 3.05) is 0 Å². The fraction of sp³-hybridized carbons (Fsp3) is 0. The second-order valence-corrected chi connectivity index (χ2v) is 16.2. The summed E-state index contributed by atoms with van der Waals surface area (Å²) in [5.41, 5.74) is 14.4. The summed E-state index contributed by atoms with van der Waals surface area (Å²) in [6.07, 6.45) is 8.47. The van der Waals surface area contributed by atoms with Gasteiger partial charge in [0.2, 0.25) is 0 Å². The van der Waals surface area contributed by atoms with Crippen LogP contribution in [-0.4, -0.2) is 9.97 Å². The summed E-state index contributed by atoms with van der Waals surface area (Å²) in [5, 5.41) is 0. The molecule has 4 nitrogen and oxygen atoms in total. The largest absolute Gasteiger partial charge is 0.453 e. The van der Waals surface area contributed by atoms with Gasteiger partial charge in [-0.2, -0.15) is 0 Å². The molecule has 0 saturated carbocycles. The Morgan fingerprint density at radius 2 is 0.569 bits per heavy atom.